The van der Waals surface area contributed by atoms with E-state index in [0.29, 0.717) is 12.8 Å². The van der Waals surface area contributed by atoms with Crippen LogP contribution in [0.4, 0.5) is 4.79 Å². The number of amides is 2. The van der Waals surface area contributed by atoms with E-state index in [1.807, 2.05) is 117 Å². The summed E-state index contributed by atoms with van der Waals surface area (Å²) in [4.78, 5) is 40.9. The first-order valence-corrected chi connectivity index (χ1v) is 14.7. The van der Waals surface area contributed by atoms with E-state index in [-0.39, 0.29) is 31.8 Å². The van der Waals surface area contributed by atoms with Crippen LogP contribution in [0.3, 0.4) is 0 Å². The van der Waals surface area contributed by atoms with Gasteiger partial charge in [-0.15, -0.1) is 0 Å². The molecule has 4 aromatic carbocycles. The molecule has 2 atom stereocenters. The number of aliphatic carboxylic acids is 2. The highest BCUT2D eigenvalue weighted by Crippen LogP contribution is 2.25. The minimum absolute atomic E-state index is 0.0246. The monoisotopic (exact) mass is 580 g/mol. The van der Waals surface area contributed by atoms with Crippen LogP contribution in [0, 0.1) is 11.8 Å². The molecule has 4 aromatic rings. The van der Waals surface area contributed by atoms with Crippen molar-refractivity contribution in [2.45, 2.75) is 45.1 Å². The molecule has 0 saturated carbocycles. The van der Waals surface area contributed by atoms with Crippen LogP contribution in [-0.2, 0) is 28.9 Å². The molecule has 7 nitrogen and oxygen atoms in total. The van der Waals surface area contributed by atoms with Crippen molar-refractivity contribution < 1.29 is 24.6 Å². The zero-order chi connectivity index (χ0) is 30.8. The number of rotatable bonds is 14. The van der Waals surface area contributed by atoms with Crippen molar-refractivity contribution in [2.75, 3.05) is 13.1 Å². The minimum Gasteiger partial charge on any atom is -0.481 e. The number of urea groups is 1. The molecule has 0 spiro atoms. The van der Waals surface area contributed by atoms with Crippen LogP contribution < -0.4 is 5.32 Å². The van der Waals surface area contributed by atoms with Crippen molar-refractivity contribution >= 4 is 28.7 Å². The molecule has 0 aliphatic carbocycles. The second-order valence-electron chi connectivity index (χ2n) is 11.7. The second-order valence-corrected chi connectivity index (χ2v) is 11.7. The van der Waals surface area contributed by atoms with Gasteiger partial charge in [0.1, 0.15) is 5.54 Å². The van der Waals surface area contributed by atoms with Crippen molar-refractivity contribution in [2.24, 2.45) is 11.8 Å². The van der Waals surface area contributed by atoms with Gasteiger partial charge in [0.2, 0.25) is 0 Å². The lowest BCUT2D eigenvalue weighted by molar-refractivity contribution is -0.145. The predicted molar refractivity (Wildman–Crippen MR) is 169 cm³/mol. The molecule has 7 heteroatoms. The van der Waals surface area contributed by atoms with Crippen LogP contribution in [0.15, 0.2) is 103 Å². The second kappa shape index (κ2) is 14.5. The zero-order valence-electron chi connectivity index (χ0n) is 24.8. The van der Waals surface area contributed by atoms with E-state index < -0.39 is 29.4 Å². The number of carbonyl (C=O) groups excluding carboxylic acids is 1. The van der Waals surface area contributed by atoms with E-state index in [4.69, 9.17) is 0 Å². The first-order chi connectivity index (χ1) is 20.6. The molecule has 43 heavy (non-hydrogen) atoms. The minimum atomic E-state index is -1.67. The first-order valence-electron chi connectivity index (χ1n) is 14.7. The van der Waals surface area contributed by atoms with Gasteiger partial charge in [0.25, 0.3) is 0 Å². The number of aryl methyl sites for hydroxylation is 1. The Hall–Kier alpha value is -4.65. The fourth-order valence-corrected chi connectivity index (χ4v) is 5.51. The number of carboxylic acid groups (broad SMARTS) is 2. The maximum Gasteiger partial charge on any atom is 0.330 e. The van der Waals surface area contributed by atoms with Crippen LogP contribution in [0.1, 0.15) is 37.0 Å². The molecule has 2 amide bonds. The summed E-state index contributed by atoms with van der Waals surface area (Å²) >= 11 is 0. The molecule has 1 unspecified atom stereocenters. The Morgan fingerprint density at radius 1 is 0.721 bits per heavy atom. The highest BCUT2D eigenvalue weighted by molar-refractivity contribution is 5.88. The van der Waals surface area contributed by atoms with Crippen molar-refractivity contribution in [1.82, 2.24) is 10.2 Å². The lowest BCUT2D eigenvalue weighted by atomic mass is 9.84. The summed E-state index contributed by atoms with van der Waals surface area (Å²) in [6.45, 7) is 4.16. The van der Waals surface area contributed by atoms with Gasteiger partial charge < -0.3 is 20.4 Å². The summed E-state index contributed by atoms with van der Waals surface area (Å²) in [6, 6.07) is 32.0. The van der Waals surface area contributed by atoms with E-state index in [0.717, 1.165) is 27.5 Å². The highest BCUT2D eigenvalue weighted by atomic mass is 16.4. The molecule has 0 fully saturated rings. The highest BCUT2D eigenvalue weighted by Gasteiger charge is 2.42. The molecule has 224 valence electrons. The third kappa shape index (κ3) is 8.67. The zero-order valence-corrected chi connectivity index (χ0v) is 24.8. The van der Waals surface area contributed by atoms with Gasteiger partial charge in [-0.2, -0.15) is 0 Å². The average Bonchev–Trinajstić information content (AvgIpc) is 2.99. The number of fused-ring (bicyclic) bond motifs is 1. The summed E-state index contributed by atoms with van der Waals surface area (Å²) in [6.07, 6.45) is 1.03. The Morgan fingerprint density at radius 3 is 1.91 bits per heavy atom. The largest absolute Gasteiger partial charge is 0.481 e. The fourth-order valence-electron chi connectivity index (χ4n) is 5.51. The van der Waals surface area contributed by atoms with Gasteiger partial charge in [0.05, 0.1) is 5.92 Å². The number of hydrogen-bond acceptors (Lipinski definition) is 3. The molecule has 0 heterocycles. The Labute approximate surface area is 253 Å². The predicted octanol–water partition coefficient (Wildman–Crippen LogP) is 6.45. The number of nitrogens with zero attached hydrogens (tertiary/aromatic N) is 1. The van der Waals surface area contributed by atoms with Gasteiger partial charge in [0, 0.05) is 25.9 Å². The summed E-state index contributed by atoms with van der Waals surface area (Å²) in [5, 5.41) is 25.7. The number of carbonyl (C=O) groups is 3. The van der Waals surface area contributed by atoms with Gasteiger partial charge in [-0.3, -0.25) is 4.79 Å². The van der Waals surface area contributed by atoms with Crippen molar-refractivity contribution in [3.63, 3.8) is 0 Å². The standard InChI is InChI=1S/C36H40N2O5/c1-26(2)24-38(25-32(33(39)40)20-17-27-11-5-3-6-12-27)35(43)37-36(34(41)42,22-28-13-7-4-8-14-28)23-29-18-19-30-15-9-10-16-31(30)21-29/h3-16,18-19,21,26,32H,17,20,22-25H2,1-2H3,(H,37,43)(H,39,40)(H,41,42)/t32?,36-/m0/s1. The summed E-state index contributed by atoms with van der Waals surface area (Å²) in [5.74, 6) is -2.90. The third-order valence-electron chi connectivity index (χ3n) is 7.71. The molecule has 3 N–H and O–H groups in total. The number of carboxylic acids is 2. The fraction of sp³-hybridized carbons (Fsp3) is 0.306. The van der Waals surface area contributed by atoms with Gasteiger partial charge in [-0.05, 0) is 46.2 Å². The lowest BCUT2D eigenvalue weighted by Crippen LogP contribution is -2.61. The molecule has 4 rings (SSSR count). The Balaban J connectivity index is 1.63. The van der Waals surface area contributed by atoms with Crippen molar-refractivity contribution in [3.05, 3.63) is 120 Å². The molecular formula is C36H40N2O5. The number of benzene rings is 4. The number of nitrogens with one attached hydrogen (secondary N) is 1. The molecule has 0 bridgehead atoms. The van der Waals surface area contributed by atoms with E-state index in [1.165, 1.54) is 4.90 Å². The summed E-state index contributed by atoms with van der Waals surface area (Å²) < 4.78 is 0. The van der Waals surface area contributed by atoms with Crippen LogP contribution in [0.2, 0.25) is 0 Å². The van der Waals surface area contributed by atoms with Gasteiger partial charge >= 0.3 is 18.0 Å². The van der Waals surface area contributed by atoms with E-state index >= 15 is 0 Å². The van der Waals surface area contributed by atoms with Crippen molar-refractivity contribution in [3.8, 4) is 0 Å². The van der Waals surface area contributed by atoms with Gasteiger partial charge in [-0.25, -0.2) is 9.59 Å². The third-order valence-corrected chi connectivity index (χ3v) is 7.71. The summed E-state index contributed by atoms with van der Waals surface area (Å²) in [7, 11) is 0. The maximum absolute atomic E-state index is 14.0. The Bertz CT molecular complexity index is 1520. The smallest absolute Gasteiger partial charge is 0.330 e. The quantitative estimate of drug-likeness (QED) is 0.159. The van der Waals surface area contributed by atoms with E-state index in [9.17, 15) is 24.6 Å². The molecule has 0 aliphatic heterocycles. The van der Waals surface area contributed by atoms with Crippen LogP contribution in [-0.4, -0.2) is 51.7 Å². The van der Waals surface area contributed by atoms with E-state index in [1.54, 1.807) is 0 Å². The molecular weight excluding hydrogens is 540 g/mol. The van der Waals surface area contributed by atoms with Crippen LogP contribution in [0.5, 0.6) is 0 Å². The van der Waals surface area contributed by atoms with E-state index in [2.05, 4.69) is 5.32 Å². The van der Waals surface area contributed by atoms with Gasteiger partial charge in [-0.1, -0.05) is 117 Å². The average molecular weight is 581 g/mol. The van der Waals surface area contributed by atoms with Gasteiger partial charge in [0.15, 0.2) is 0 Å². The lowest BCUT2D eigenvalue weighted by Gasteiger charge is -2.35. The maximum atomic E-state index is 14.0. The molecule has 0 aromatic heterocycles. The normalized spacial score (nSPS) is 13.3. The molecule has 0 radical (unpaired) electrons. The molecule has 0 saturated heterocycles. The Morgan fingerprint density at radius 2 is 1.30 bits per heavy atom. The topological polar surface area (TPSA) is 107 Å². The van der Waals surface area contributed by atoms with Crippen LogP contribution >= 0.6 is 0 Å². The van der Waals surface area contributed by atoms with Crippen molar-refractivity contribution in [1.29, 1.82) is 0 Å². The number of hydrogen-bond donors (Lipinski definition) is 3. The Kier molecular flexibility index (Phi) is 10.5. The first kappa shape index (κ1) is 31.3. The summed E-state index contributed by atoms with van der Waals surface area (Å²) in [5.41, 5.74) is 0.905. The SMILES string of the molecule is CC(C)CN(CC(CCc1ccccc1)C(=O)O)C(=O)N[C@@](Cc1ccccc1)(Cc1ccc2ccccc2c1)C(=O)O. The van der Waals surface area contributed by atoms with Crippen LogP contribution in [0.25, 0.3) is 10.8 Å². The molecule has 0 aliphatic rings.